The highest BCUT2D eigenvalue weighted by Crippen LogP contribution is 2.43. The minimum Gasteiger partial charge on any atom is -0.323 e. The van der Waals surface area contributed by atoms with Crippen LogP contribution in [-0.2, 0) is 5.04 Å². The van der Waals surface area contributed by atoms with Gasteiger partial charge in [0.1, 0.15) is 5.54 Å². The molecule has 0 radical (unpaired) electrons. The van der Waals surface area contributed by atoms with E-state index in [9.17, 15) is 0 Å². The van der Waals surface area contributed by atoms with E-state index in [4.69, 9.17) is 10.5 Å². The summed E-state index contributed by atoms with van der Waals surface area (Å²) in [5.41, 5.74) is 0.525. The van der Waals surface area contributed by atoms with E-state index >= 15 is 0 Å². The van der Waals surface area contributed by atoms with Crippen molar-refractivity contribution in [2.24, 2.45) is 5.92 Å². The molecule has 0 aliphatic heterocycles. The molecule has 0 atom stereocenters. The van der Waals surface area contributed by atoms with Crippen LogP contribution < -0.4 is 0 Å². The van der Waals surface area contributed by atoms with Gasteiger partial charge in [-0.15, -0.1) is 0 Å². The molecule has 0 unspecified atom stereocenters. The third-order valence-electron chi connectivity index (χ3n) is 8.87. The van der Waals surface area contributed by atoms with Crippen LogP contribution in [0.1, 0.15) is 156 Å². The maximum absolute atomic E-state index is 6.62. The zero-order valence-corrected chi connectivity index (χ0v) is 23.4. The lowest BCUT2D eigenvalue weighted by atomic mass is 9.69. The molecule has 1 aliphatic rings. The largest absolute Gasteiger partial charge is 0.323 e. The van der Waals surface area contributed by atoms with Crippen molar-refractivity contribution in [3.63, 3.8) is 0 Å². The molecule has 4 heteroatoms. The number of unbranched alkanes of at least 4 members (excludes halogenated alkanes) is 13. The van der Waals surface area contributed by atoms with Crippen LogP contribution in [0.15, 0.2) is 0 Å². The van der Waals surface area contributed by atoms with E-state index in [0.29, 0.717) is 5.54 Å². The average Bonchev–Trinajstić information content (AvgIpc) is 2.81. The molecule has 2 N–H and O–H groups in total. The van der Waals surface area contributed by atoms with Crippen molar-refractivity contribution in [3.05, 3.63) is 0 Å². The van der Waals surface area contributed by atoms with Gasteiger partial charge in [0.25, 0.3) is 0 Å². The summed E-state index contributed by atoms with van der Waals surface area (Å²) in [6, 6.07) is 0. The van der Waals surface area contributed by atoms with Gasteiger partial charge in [-0.3, -0.25) is 0 Å². The van der Waals surface area contributed by atoms with E-state index < -0.39 is 0 Å². The molecule has 0 aromatic rings. The van der Waals surface area contributed by atoms with E-state index in [-0.39, 0.29) is 0 Å². The first-order valence-electron chi connectivity index (χ1n) is 14.7. The summed E-state index contributed by atoms with van der Waals surface area (Å²) in [5, 5.41) is 15.5. The van der Waals surface area contributed by atoms with Crippen molar-refractivity contribution in [3.8, 4) is 0 Å². The van der Waals surface area contributed by atoms with Gasteiger partial charge in [0.2, 0.25) is 0 Å². The second-order valence-electron chi connectivity index (χ2n) is 11.2. The standard InChI is InChI=1S/C29H60N.H2O3/c1-6-9-10-11-12-13-14-15-16-17-18-19-20-24-27-30(4,5)29(7-2,8-3)28-25-22-21-23-26-28;1-3-2/h28H,6-27H2,1-5H3;1-2H/q+1;. The summed E-state index contributed by atoms with van der Waals surface area (Å²) in [4.78, 5) is 0. The van der Waals surface area contributed by atoms with Gasteiger partial charge < -0.3 is 4.48 Å². The predicted octanol–water partition coefficient (Wildman–Crippen LogP) is 9.63. The quantitative estimate of drug-likeness (QED) is 0.0851. The maximum Gasteiger partial charge on any atom is 0.101 e. The molecule has 33 heavy (non-hydrogen) atoms. The van der Waals surface area contributed by atoms with Gasteiger partial charge in [-0.2, -0.15) is 0 Å². The summed E-state index contributed by atoms with van der Waals surface area (Å²) in [7, 11) is 5.12. The fourth-order valence-corrected chi connectivity index (χ4v) is 6.74. The molecule has 0 saturated heterocycles. The zero-order valence-electron chi connectivity index (χ0n) is 23.4. The van der Waals surface area contributed by atoms with Gasteiger partial charge >= 0.3 is 0 Å². The molecule has 4 nitrogen and oxygen atoms in total. The number of nitrogens with zero attached hydrogens (tertiary/aromatic N) is 1. The monoisotopic (exact) mass is 472 g/mol. The van der Waals surface area contributed by atoms with E-state index in [1.165, 1.54) is 146 Å². The third-order valence-corrected chi connectivity index (χ3v) is 8.87. The van der Waals surface area contributed by atoms with E-state index in [1.807, 2.05) is 0 Å². The van der Waals surface area contributed by atoms with E-state index in [1.54, 1.807) is 0 Å². The van der Waals surface area contributed by atoms with Crippen molar-refractivity contribution in [2.75, 3.05) is 20.6 Å². The molecular weight excluding hydrogens is 410 g/mol. The van der Waals surface area contributed by atoms with Crippen LogP contribution >= 0.6 is 0 Å². The van der Waals surface area contributed by atoms with Crippen molar-refractivity contribution < 1.29 is 20.0 Å². The average molecular weight is 473 g/mol. The topological polar surface area (TPSA) is 49.7 Å². The molecule has 0 heterocycles. The van der Waals surface area contributed by atoms with E-state index in [0.717, 1.165) is 5.92 Å². The first-order chi connectivity index (χ1) is 16.0. The SMILES string of the molecule is CCCCCCCCCCCCCCCC[N+](C)(C)C(CC)(CC)C1CCCCC1.OOO. The third kappa shape index (κ3) is 13.5. The summed E-state index contributed by atoms with van der Waals surface area (Å²) in [6.07, 6.45) is 30.6. The number of hydrogen-bond donors (Lipinski definition) is 2. The second kappa shape index (κ2) is 21.1. The fraction of sp³-hybridized carbons (Fsp3) is 1.00. The van der Waals surface area contributed by atoms with Gasteiger partial charge in [-0.1, -0.05) is 122 Å². The van der Waals surface area contributed by atoms with Crippen LogP contribution in [0.3, 0.4) is 0 Å². The Kier molecular flexibility index (Phi) is 21.0. The number of quaternary nitrogens is 1. The highest BCUT2D eigenvalue weighted by atomic mass is 17.4. The molecule has 1 aliphatic carbocycles. The zero-order chi connectivity index (χ0) is 24.8. The number of hydrogen-bond acceptors (Lipinski definition) is 3. The smallest absolute Gasteiger partial charge is 0.101 e. The maximum atomic E-state index is 6.62. The Morgan fingerprint density at radius 2 is 1.00 bits per heavy atom. The lowest BCUT2D eigenvalue weighted by Crippen LogP contribution is -2.63. The van der Waals surface area contributed by atoms with Gasteiger partial charge in [0.15, 0.2) is 0 Å². The molecule has 1 rings (SSSR count). The fourth-order valence-electron chi connectivity index (χ4n) is 6.74. The van der Waals surface area contributed by atoms with E-state index in [2.05, 4.69) is 39.9 Å². The minimum atomic E-state index is 0.525. The molecule has 1 fully saturated rings. The summed E-state index contributed by atoms with van der Waals surface area (Å²) >= 11 is 0. The van der Waals surface area contributed by atoms with Gasteiger partial charge in [0.05, 0.1) is 20.6 Å². The van der Waals surface area contributed by atoms with Crippen LogP contribution in [-0.4, -0.2) is 41.2 Å². The highest BCUT2D eigenvalue weighted by Gasteiger charge is 2.48. The van der Waals surface area contributed by atoms with Crippen molar-refractivity contribution >= 4 is 0 Å². The second-order valence-corrected chi connectivity index (χ2v) is 11.2. The van der Waals surface area contributed by atoms with Crippen LogP contribution in [0.4, 0.5) is 0 Å². The molecule has 1 saturated carbocycles. The predicted molar refractivity (Wildman–Crippen MR) is 144 cm³/mol. The Hall–Kier alpha value is -0.160. The Morgan fingerprint density at radius 3 is 1.36 bits per heavy atom. The lowest BCUT2D eigenvalue weighted by molar-refractivity contribution is -0.948. The van der Waals surface area contributed by atoms with Crippen molar-refractivity contribution in [1.29, 1.82) is 0 Å². The highest BCUT2D eigenvalue weighted by molar-refractivity contribution is 4.88. The van der Waals surface area contributed by atoms with Crippen molar-refractivity contribution in [2.45, 2.75) is 161 Å². The molecule has 0 amide bonds. The Bertz CT molecular complexity index is 404. The first-order valence-corrected chi connectivity index (χ1v) is 14.7. The van der Waals surface area contributed by atoms with Crippen LogP contribution in [0.25, 0.3) is 0 Å². The molecule has 200 valence electrons. The van der Waals surface area contributed by atoms with Gasteiger partial charge in [-0.25, -0.2) is 10.5 Å². The molecule has 0 aromatic heterocycles. The van der Waals surface area contributed by atoms with Crippen LogP contribution in [0, 0.1) is 5.92 Å². The lowest BCUT2D eigenvalue weighted by Gasteiger charge is -2.53. The molecule has 0 bridgehead atoms. The summed E-state index contributed by atoms with van der Waals surface area (Å²) in [5.74, 6) is 0.961. The Morgan fingerprint density at radius 1 is 0.636 bits per heavy atom. The van der Waals surface area contributed by atoms with Crippen LogP contribution in [0.2, 0.25) is 0 Å². The van der Waals surface area contributed by atoms with Gasteiger partial charge in [0, 0.05) is 5.92 Å². The van der Waals surface area contributed by atoms with Crippen LogP contribution in [0.5, 0.6) is 0 Å². The molecular formula is C29H62NO3+. The van der Waals surface area contributed by atoms with Gasteiger partial charge in [-0.05, 0) is 38.5 Å². The summed E-state index contributed by atoms with van der Waals surface area (Å²) in [6.45, 7) is 8.64. The minimum absolute atomic E-state index is 0.525. The summed E-state index contributed by atoms with van der Waals surface area (Å²) < 4.78 is 1.27. The Labute approximate surface area is 207 Å². The van der Waals surface area contributed by atoms with Crippen molar-refractivity contribution in [1.82, 2.24) is 0 Å². The normalized spacial score (nSPS) is 15.4. The first kappa shape index (κ1) is 32.8. The number of rotatable bonds is 19. The Balaban J connectivity index is 0.00000322. The molecule has 0 aromatic carbocycles. The molecule has 0 spiro atoms.